The molecular weight excluding hydrogens is 318 g/mol. The zero-order chi connectivity index (χ0) is 16.5. The zero-order valence-corrected chi connectivity index (χ0v) is 14.0. The first-order valence-electron chi connectivity index (χ1n) is 7.70. The molecule has 0 atom stereocenters. The van der Waals surface area contributed by atoms with Crippen molar-refractivity contribution in [1.29, 1.82) is 0 Å². The topological polar surface area (TPSA) is 47.8 Å². The van der Waals surface area contributed by atoms with Crippen molar-refractivity contribution in [2.75, 3.05) is 0 Å². The third-order valence-electron chi connectivity index (χ3n) is 3.81. The van der Waals surface area contributed by atoms with Crippen LogP contribution in [-0.2, 0) is 6.42 Å². The van der Waals surface area contributed by atoms with Gasteiger partial charge in [0.1, 0.15) is 0 Å². The number of ketones is 1. The normalized spacial score (nSPS) is 11.0. The first kappa shape index (κ1) is 14.8. The van der Waals surface area contributed by atoms with Crippen LogP contribution in [0.25, 0.3) is 15.3 Å². The number of Topliss-reactive ketones (excluding diaryl/α,β-unsaturated/α-hetero) is 1. The van der Waals surface area contributed by atoms with Gasteiger partial charge in [0, 0.05) is 5.56 Å². The lowest BCUT2D eigenvalue weighted by Gasteiger charge is -2.03. The Bertz CT molecular complexity index is 984. The molecule has 0 aliphatic carbocycles. The summed E-state index contributed by atoms with van der Waals surface area (Å²) in [6, 6.07) is 19.3. The zero-order valence-electron chi connectivity index (χ0n) is 13.1. The molecule has 0 amide bonds. The molecule has 2 heterocycles. The Morgan fingerprint density at radius 3 is 2.62 bits per heavy atom. The average Bonchev–Trinajstić information content (AvgIpc) is 3.18. The molecule has 0 radical (unpaired) electrons. The van der Waals surface area contributed by atoms with Crippen molar-refractivity contribution in [1.82, 2.24) is 14.8 Å². The molecule has 0 aliphatic rings. The van der Waals surface area contributed by atoms with Gasteiger partial charge in [0.15, 0.2) is 5.78 Å². The monoisotopic (exact) mass is 333 g/mol. The van der Waals surface area contributed by atoms with E-state index < -0.39 is 0 Å². The SMILES string of the molecule is Cc1cc(CC(=O)c2ccccc2)n(-c2nc3ccccc3s2)n1. The van der Waals surface area contributed by atoms with Gasteiger partial charge in [-0.05, 0) is 25.1 Å². The number of aryl methyl sites for hydroxylation is 1. The Hall–Kier alpha value is -2.79. The lowest BCUT2D eigenvalue weighted by Crippen LogP contribution is -2.09. The quantitative estimate of drug-likeness (QED) is 0.525. The van der Waals surface area contributed by atoms with E-state index >= 15 is 0 Å². The predicted molar refractivity (Wildman–Crippen MR) is 96.0 cm³/mol. The number of aromatic nitrogens is 3. The minimum atomic E-state index is 0.0814. The maximum Gasteiger partial charge on any atom is 0.211 e. The van der Waals surface area contributed by atoms with Gasteiger partial charge < -0.3 is 0 Å². The lowest BCUT2D eigenvalue weighted by atomic mass is 10.1. The van der Waals surface area contributed by atoms with E-state index in [4.69, 9.17) is 0 Å². The average molecular weight is 333 g/mol. The summed E-state index contributed by atoms with van der Waals surface area (Å²) in [6.45, 7) is 1.93. The molecule has 0 spiro atoms. The van der Waals surface area contributed by atoms with Gasteiger partial charge in [0.05, 0.1) is 28.0 Å². The van der Waals surface area contributed by atoms with E-state index in [1.807, 2.05) is 67.6 Å². The molecule has 24 heavy (non-hydrogen) atoms. The highest BCUT2D eigenvalue weighted by Gasteiger charge is 2.15. The van der Waals surface area contributed by atoms with Crippen molar-refractivity contribution >= 4 is 27.3 Å². The Balaban J connectivity index is 1.71. The third-order valence-corrected chi connectivity index (χ3v) is 4.82. The number of thiazole rings is 1. The number of carbonyl (C=O) groups is 1. The molecule has 4 rings (SSSR count). The molecule has 0 unspecified atom stereocenters. The highest BCUT2D eigenvalue weighted by molar-refractivity contribution is 7.20. The molecule has 118 valence electrons. The van der Waals surface area contributed by atoms with Gasteiger partial charge in [0.2, 0.25) is 5.13 Å². The van der Waals surface area contributed by atoms with Crippen molar-refractivity contribution in [3.05, 3.63) is 77.6 Å². The summed E-state index contributed by atoms with van der Waals surface area (Å²) in [6.07, 6.45) is 0.306. The summed E-state index contributed by atoms with van der Waals surface area (Å²) in [7, 11) is 0. The van der Waals surface area contributed by atoms with E-state index in [9.17, 15) is 4.79 Å². The van der Waals surface area contributed by atoms with Crippen molar-refractivity contribution in [3.8, 4) is 5.13 Å². The lowest BCUT2D eigenvalue weighted by molar-refractivity contribution is 0.0991. The predicted octanol–water partition coefficient (Wildman–Crippen LogP) is 4.22. The van der Waals surface area contributed by atoms with E-state index in [1.54, 1.807) is 16.0 Å². The van der Waals surface area contributed by atoms with Crippen LogP contribution >= 0.6 is 11.3 Å². The van der Waals surface area contributed by atoms with Gasteiger partial charge in [-0.3, -0.25) is 4.79 Å². The van der Waals surface area contributed by atoms with Gasteiger partial charge in [-0.1, -0.05) is 53.8 Å². The van der Waals surface area contributed by atoms with Gasteiger partial charge in [-0.25, -0.2) is 9.67 Å². The molecule has 0 bridgehead atoms. The van der Waals surface area contributed by atoms with Crippen LogP contribution in [0.1, 0.15) is 21.7 Å². The maximum absolute atomic E-state index is 12.5. The summed E-state index contributed by atoms with van der Waals surface area (Å²) in [5.74, 6) is 0.0814. The molecule has 5 heteroatoms. The molecule has 0 fully saturated rings. The number of para-hydroxylation sites is 1. The van der Waals surface area contributed by atoms with Gasteiger partial charge >= 0.3 is 0 Å². The second-order valence-electron chi connectivity index (χ2n) is 5.62. The van der Waals surface area contributed by atoms with Crippen LogP contribution in [-0.4, -0.2) is 20.5 Å². The highest BCUT2D eigenvalue weighted by Crippen LogP contribution is 2.25. The fraction of sp³-hybridized carbons (Fsp3) is 0.105. The van der Waals surface area contributed by atoms with Crippen LogP contribution in [0.4, 0.5) is 0 Å². The van der Waals surface area contributed by atoms with Crippen molar-refractivity contribution in [3.63, 3.8) is 0 Å². The Morgan fingerprint density at radius 2 is 1.83 bits per heavy atom. The van der Waals surface area contributed by atoms with E-state index in [1.165, 1.54) is 0 Å². The first-order valence-corrected chi connectivity index (χ1v) is 8.52. The van der Waals surface area contributed by atoms with Crippen molar-refractivity contribution < 1.29 is 4.79 Å². The summed E-state index contributed by atoms with van der Waals surface area (Å²) in [4.78, 5) is 17.2. The van der Waals surface area contributed by atoms with Crippen molar-refractivity contribution in [2.24, 2.45) is 0 Å². The van der Waals surface area contributed by atoms with Crippen LogP contribution < -0.4 is 0 Å². The molecule has 4 aromatic rings. The van der Waals surface area contributed by atoms with Gasteiger partial charge in [-0.2, -0.15) is 5.10 Å². The number of carbonyl (C=O) groups excluding carboxylic acids is 1. The summed E-state index contributed by atoms with van der Waals surface area (Å²) in [5.41, 5.74) is 3.41. The molecule has 0 N–H and O–H groups in total. The Morgan fingerprint density at radius 1 is 1.08 bits per heavy atom. The largest absolute Gasteiger partial charge is 0.294 e. The molecular formula is C19H15N3OS. The van der Waals surface area contributed by atoms with Gasteiger partial charge in [0.25, 0.3) is 0 Å². The first-order chi connectivity index (χ1) is 11.7. The van der Waals surface area contributed by atoms with Crippen LogP contribution in [0.15, 0.2) is 60.7 Å². The Kier molecular flexibility index (Phi) is 3.70. The number of fused-ring (bicyclic) bond motifs is 1. The summed E-state index contributed by atoms with van der Waals surface area (Å²) < 4.78 is 2.90. The minimum Gasteiger partial charge on any atom is -0.294 e. The van der Waals surface area contributed by atoms with Crippen LogP contribution in [0.3, 0.4) is 0 Å². The number of hydrogen-bond donors (Lipinski definition) is 0. The van der Waals surface area contributed by atoms with E-state index in [0.29, 0.717) is 12.0 Å². The smallest absolute Gasteiger partial charge is 0.211 e. The van der Waals surface area contributed by atoms with E-state index in [2.05, 4.69) is 10.1 Å². The maximum atomic E-state index is 12.5. The van der Waals surface area contributed by atoms with Crippen molar-refractivity contribution in [2.45, 2.75) is 13.3 Å². The molecule has 0 aliphatic heterocycles. The fourth-order valence-electron chi connectivity index (χ4n) is 2.69. The molecule has 0 saturated heterocycles. The molecule has 0 saturated carbocycles. The van der Waals surface area contributed by atoms with Crippen LogP contribution in [0.2, 0.25) is 0 Å². The summed E-state index contributed by atoms with van der Waals surface area (Å²) >= 11 is 1.58. The number of rotatable bonds is 4. The summed E-state index contributed by atoms with van der Waals surface area (Å²) in [5, 5.41) is 5.33. The fourth-order valence-corrected chi connectivity index (χ4v) is 3.64. The Labute approximate surface area is 143 Å². The third kappa shape index (κ3) is 2.74. The second-order valence-corrected chi connectivity index (χ2v) is 6.63. The van der Waals surface area contributed by atoms with E-state index in [0.717, 1.165) is 26.7 Å². The van der Waals surface area contributed by atoms with E-state index in [-0.39, 0.29) is 5.78 Å². The van der Waals surface area contributed by atoms with Gasteiger partial charge in [-0.15, -0.1) is 0 Å². The molecule has 2 aromatic heterocycles. The second kappa shape index (κ2) is 6.02. The molecule has 4 nitrogen and oxygen atoms in total. The minimum absolute atomic E-state index is 0.0814. The molecule has 2 aromatic carbocycles. The number of nitrogens with zero attached hydrogens (tertiary/aromatic N) is 3. The van der Waals surface area contributed by atoms with Crippen LogP contribution in [0.5, 0.6) is 0 Å². The number of hydrogen-bond acceptors (Lipinski definition) is 4. The van der Waals surface area contributed by atoms with Crippen LogP contribution in [0, 0.1) is 6.92 Å². The standard InChI is InChI=1S/C19H15N3OS/c1-13-11-15(12-17(23)14-7-3-2-4-8-14)22(21-13)19-20-16-9-5-6-10-18(16)24-19/h2-11H,12H2,1H3. The highest BCUT2D eigenvalue weighted by atomic mass is 32.1. The number of benzene rings is 2.